The van der Waals surface area contributed by atoms with Crippen LogP contribution in [0.5, 0.6) is 0 Å². The fourth-order valence-corrected chi connectivity index (χ4v) is 2.05. The van der Waals surface area contributed by atoms with E-state index in [2.05, 4.69) is 26.2 Å². The SMILES string of the molecule is CC(C)OC(=O)N=Nc1cc(-c2ccccc2)ccc1Br. The normalized spacial score (nSPS) is 11.0. The summed E-state index contributed by atoms with van der Waals surface area (Å²) in [7, 11) is 0. The number of ether oxygens (including phenoxy) is 1. The molecule has 0 heterocycles. The molecule has 0 aliphatic carbocycles. The summed E-state index contributed by atoms with van der Waals surface area (Å²) in [4.78, 5) is 11.4. The number of benzene rings is 2. The number of carbonyl (C=O) groups excluding carboxylic acids is 1. The molecule has 1 amide bonds. The van der Waals surface area contributed by atoms with E-state index < -0.39 is 6.09 Å². The third kappa shape index (κ3) is 4.49. The molecule has 4 nitrogen and oxygen atoms in total. The highest BCUT2D eigenvalue weighted by Gasteiger charge is 2.06. The van der Waals surface area contributed by atoms with Crippen molar-refractivity contribution in [2.75, 3.05) is 0 Å². The van der Waals surface area contributed by atoms with Gasteiger partial charge in [0, 0.05) is 4.47 Å². The standard InChI is InChI=1S/C16H15BrN2O2/c1-11(2)21-16(20)19-18-15-10-13(8-9-14(15)17)12-6-4-3-5-7-12/h3-11H,1-2H3. The highest BCUT2D eigenvalue weighted by molar-refractivity contribution is 9.10. The molecule has 0 aliphatic heterocycles. The van der Waals surface area contributed by atoms with Crippen LogP contribution in [-0.2, 0) is 4.74 Å². The van der Waals surface area contributed by atoms with E-state index in [4.69, 9.17) is 4.74 Å². The summed E-state index contributed by atoms with van der Waals surface area (Å²) in [6, 6.07) is 15.7. The molecule has 0 atom stereocenters. The first-order valence-corrected chi connectivity index (χ1v) is 7.33. The highest BCUT2D eigenvalue weighted by atomic mass is 79.9. The van der Waals surface area contributed by atoms with Gasteiger partial charge in [0.2, 0.25) is 0 Å². The Morgan fingerprint density at radius 1 is 1.10 bits per heavy atom. The molecule has 2 aromatic carbocycles. The molecule has 0 unspecified atom stereocenters. The Kier molecular flexibility index (Phi) is 5.22. The Balaban J connectivity index is 2.24. The lowest BCUT2D eigenvalue weighted by atomic mass is 10.1. The summed E-state index contributed by atoms with van der Waals surface area (Å²) >= 11 is 3.40. The van der Waals surface area contributed by atoms with Gasteiger partial charge in [0.1, 0.15) is 5.69 Å². The first-order valence-electron chi connectivity index (χ1n) is 6.53. The van der Waals surface area contributed by atoms with Gasteiger partial charge in [-0.2, -0.15) is 0 Å². The van der Waals surface area contributed by atoms with Gasteiger partial charge in [-0.15, -0.1) is 5.11 Å². The van der Waals surface area contributed by atoms with Crippen molar-refractivity contribution in [3.05, 3.63) is 53.0 Å². The average Bonchev–Trinajstić information content (AvgIpc) is 2.46. The number of carbonyl (C=O) groups is 1. The van der Waals surface area contributed by atoms with E-state index >= 15 is 0 Å². The number of hydrogen-bond acceptors (Lipinski definition) is 3. The Labute approximate surface area is 132 Å². The minimum absolute atomic E-state index is 0.212. The van der Waals surface area contributed by atoms with Crippen molar-refractivity contribution in [2.45, 2.75) is 20.0 Å². The van der Waals surface area contributed by atoms with Crippen LogP contribution in [0, 0.1) is 0 Å². The number of amides is 1. The fraction of sp³-hybridized carbons (Fsp3) is 0.188. The number of azo groups is 1. The van der Waals surface area contributed by atoms with Crippen LogP contribution >= 0.6 is 15.9 Å². The first kappa shape index (κ1) is 15.4. The van der Waals surface area contributed by atoms with E-state index in [1.165, 1.54) is 0 Å². The minimum atomic E-state index is -0.693. The van der Waals surface area contributed by atoms with Crippen LogP contribution in [0.4, 0.5) is 10.5 Å². The van der Waals surface area contributed by atoms with E-state index in [0.717, 1.165) is 15.6 Å². The molecule has 108 valence electrons. The molecular formula is C16H15BrN2O2. The molecular weight excluding hydrogens is 332 g/mol. The molecule has 0 spiro atoms. The van der Waals surface area contributed by atoms with Crippen LogP contribution in [0.15, 0.2) is 63.2 Å². The van der Waals surface area contributed by atoms with Crippen molar-refractivity contribution in [1.29, 1.82) is 0 Å². The van der Waals surface area contributed by atoms with E-state index in [1.54, 1.807) is 13.8 Å². The van der Waals surface area contributed by atoms with Gasteiger partial charge >= 0.3 is 6.09 Å². The lowest BCUT2D eigenvalue weighted by molar-refractivity contribution is 0.124. The van der Waals surface area contributed by atoms with Crippen LogP contribution in [0.3, 0.4) is 0 Å². The zero-order chi connectivity index (χ0) is 15.2. The third-order valence-corrected chi connectivity index (χ3v) is 3.30. The summed E-state index contributed by atoms with van der Waals surface area (Å²) in [5, 5.41) is 7.51. The lowest BCUT2D eigenvalue weighted by Gasteiger charge is -2.05. The molecule has 0 bridgehead atoms. The Morgan fingerprint density at radius 3 is 2.48 bits per heavy atom. The predicted molar refractivity (Wildman–Crippen MR) is 85.7 cm³/mol. The quantitative estimate of drug-likeness (QED) is 0.664. The third-order valence-electron chi connectivity index (χ3n) is 2.63. The van der Waals surface area contributed by atoms with Crippen molar-refractivity contribution in [1.82, 2.24) is 0 Å². The van der Waals surface area contributed by atoms with Gasteiger partial charge in [0.25, 0.3) is 0 Å². The largest absolute Gasteiger partial charge is 0.452 e. The van der Waals surface area contributed by atoms with Gasteiger partial charge in [-0.1, -0.05) is 41.5 Å². The van der Waals surface area contributed by atoms with Crippen molar-refractivity contribution < 1.29 is 9.53 Å². The molecule has 2 aromatic rings. The van der Waals surface area contributed by atoms with Crippen LogP contribution in [0.1, 0.15) is 13.8 Å². The average molecular weight is 347 g/mol. The number of rotatable bonds is 3. The summed E-state index contributed by atoms with van der Waals surface area (Å²) < 4.78 is 5.68. The second-order valence-electron chi connectivity index (χ2n) is 4.66. The monoisotopic (exact) mass is 346 g/mol. The zero-order valence-electron chi connectivity index (χ0n) is 11.8. The van der Waals surface area contributed by atoms with E-state index in [-0.39, 0.29) is 6.10 Å². The number of halogens is 1. The topological polar surface area (TPSA) is 51.0 Å². The molecule has 5 heteroatoms. The zero-order valence-corrected chi connectivity index (χ0v) is 13.4. The molecule has 0 fully saturated rings. The Hall–Kier alpha value is -2.01. The number of hydrogen-bond donors (Lipinski definition) is 0. The van der Waals surface area contributed by atoms with E-state index in [9.17, 15) is 4.79 Å². The summed E-state index contributed by atoms with van der Waals surface area (Å²) in [6.45, 7) is 3.53. The van der Waals surface area contributed by atoms with E-state index in [1.807, 2.05) is 48.5 Å². The predicted octanol–water partition coefficient (Wildman–Crippen LogP) is 5.74. The van der Waals surface area contributed by atoms with Gasteiger partial charge in [0.15, 0.2) is 0 Å². The Morgan fingerprint density at radius 2 is 1.81 bits per heavy atom. The fourth-order valence-electron chi connectivity index (χ4n) is 1.72. The molecule has 2 rings (SSSR count). The molecule has 21 heavy (non-hydrogen) atoms. The van der Waals surface area contributed by atoms with Crippen LogP contribution < -0.4 is 0 Å². The summed E-state index contributed by atoms with van der Waals surface area (Å²) in [6.07, 6.45) is -0.905. The van der Waals surface area contributed by atoms with Crippen LogP contribution in [0.2, 0.25) is 0 Å². The minimum Gasteiger partial charge on any atom is -0.444 e. The molecule has 0 N–H and O–H groups in total. The molecule has 0 aromatic heterocycles. The van der Waals surface area contributed by atoms with Gasteiger partial charge in [-0.3, -0.25) is 0 Å². The van der Waals surface area contributed by atoms with Crippen molar-refractivity contribution in [2.24, 2.45) is 10.2 Å². The first-order chi connectivity index (χ1) is 10.1. The van der Waals surface area contributed by atoms with Gasteiger partial charge in [-0.25, -0.2) is 4.79 Å². The van der Waals surface area contributed by atoms with Gasteiger partial charge in [-0.05, 0) is 53.0 Å². The lowest BCUT2D eigenvalue weighted by Crippen LogP contribution is -2.06. The van der Waals surface area contributed by atoms with Crippen LogP contribution in [0.25, 0.3) is 11.1 Å². The molecule has 0 radical (unpaired) electrons. The maximum absolute atomic E-state index is 11.4. The second-order valence-corrected chi connectivity index (χ2v) is 5.52. The van der Waals surface area contributed by atoms with Gasteiger partial charge < -0.3 is 4.74 Å². The smallest absolute Gasteiger partial charge is 0.444 e. The Bertz CT molecular complexity index is 655. The second kappa shape index (κ2) is 7.13. The molecule has 0 aliphatic rings. The van der Waals surface area contributed by atoms with E-state index in [0.29, 0.717) is 5.69 Å². The summed E-state index contributed by atoms with van der Waals surface area (Å²) in [5.41, 5.74) is 2.66. The number of nitrogens with zero attached hydrogens (tertiary/aromatic N) is 2. The maximum atomic E-state index is 11.4. The molecule has 0 saturated carbocycles. The van der Waals surface area contributed by atoms with Crippen molar-refractivity contribution >= 4 is 27.7 Å². The maximum Gasteiger partial charge on any atom is 0.452 e. The van der Waals surface area contributed by atoms with Crippen molar-refractivity contribution in [3.63, 3.8) is 0 Å². The summed E-state index contributed by atoms with van der Waals surface area (Å²) in [5.74, 6) is 0. The van der Waals surface area contributed by atoms with Gasteiger partial charge in [0.05, 0.1) is 6.10 Å². The van der Waals surface area contributed by atoms with Crippen LogP contribution in [-0.4, -0.2) is 12.2 Å². The van der Waals surface area contributed by atoms with Crippen molar-refractivity contribution in [3.8, 4) is 11.1 Å². The highest BCUT2D eigenvalue weighted by Crippen LogP contribution is 2.31. The molecule has 0 saturated heterocycles.